The molecule has 0 aliphatic carbocycles. The molecule has 0 unspecified atom stereocenters. The standard InChI is InChI=1S/C17H23N3O2/c1-13(2)9-14(3)10-17(21)22-12-15-5-7-18-16(11-15)20-8-4-6-19-20/h4-8,11,13-14H,9-10,12H2,1-3H3/t14-/m1/s1. The van der Waals surface area contributed by atoms with Crippen molar-refractivity contribution in [3.63, 3.8) is 0 Å². The molecule has 0 radical (unpaired) electrons. The Kier molecular flexibility index (Phi) is 5.69. The Hall–Kier alpha value is -2.17. The second kappa shape index (κ2) is 7.73. The zero-order valence-corrected chi connectivity index (χ0v) is 13.4. The largest absolute Gasteiger partial charge is 0.461 e. The Bertz CT molecular complexity index is 594. The Labute approximate surface area is 131 Å². The summed E-state index contributed by atoms with van der Waals surface area (Å²) in [6, 6.07) is 5.56. The van der Waals surface area contributed by atoms with Crippen LogP contribution >= 0.6 is 0 Å². The highest BCUT2D eigenvalue weighted by molar-refractivity contribution is 5.69. The molecule has 2 rings (SSSR count). The molecule has 5 nitrogen and oxygen atoms in total. The predicted octanol–water partition coefficient (Wildman–Crippen LogP) is 3.38. The Balaban J connectivity index is 1.86. The average Bonchev–Trinajstić information content (AvgIpc) is 2.98. The van der Waals surface area contributed by atoms with E-state index in [2.05, 4.69) is 30.9 Å². The van der Waals surface area contributed by atoms with Crippen molar-refractivity contribution in [2.24, 2.45) is 11.8 Å². The van der Waals surface area contributed by atoms with Gasteiger partial charge >= 0.3 is 5.97 Å². The van der Waals surface area contributed by atoms with Crippen molar-refractivity contribution in [1.29, 1.82) is 0 Å². The molecule has 0 saturated carbocycles. The van der Waals surface area contributed by atoms with Gasteiger partial charge in [-0.1, -0.05) is 20.8 Å². The molecular formula is C17H23N3O2. The quantitative estimate of drug-likeness (QED) is 0.736. The summed E-state index contributed by atoms with van der Waals surface area (Å²) in [6.45, 7) is 6.68. The summed E-state index contributed by atoms with van der Waals surface area (Å²) in [5.41, 5.74) is 0.908. The Morgan fingerprint density at radius 2 is 2.14 bits per heavy atom. The molecule has 0 bridgehead atoms. The summed E-state index contributed by atoms with van der Waals surface area (Å²) >= 11 is 0. The maximum absolute atomic E-state index is 11.9. The number of rotatable bonds is 7. The molecule has 0 aliphatic rings. The van der Waals surface area contributed by atoms with Crippen molar-refractivity contribution >= 4 is 5.97 Å². The van der Waals surface area contributed by atoms with E-state index in [-0.39, 0.29) is 12.6 Å². The van der Waals surface area contributed by atoms with Crippen LogP contribution in [-0.2, 0) is 16.1 Å². The van der Waals surface area contributed by atoms with E-state index >= 15 is 0 Å². The third-order valence-corrected chi connectivity index (χ3v) is 3.34. The van der Waals surface area contributed by atoms with Gasteiger partial charge in [0, 0.05) is 25.0 Å². The first-order valence-electron chi connectivity index (χ1n) is 7.65. The Morgan fingerprint density at radius 3 is 2.82 bits per heavy atom. The minimum Gasteiger partial charge on any atom is -0.461 e. The lowest BCUT2D eigenvalue weighted by Crippen LogP contribution is -2.11. The van der Waals surface area contributed by atoms with Crippen LogP contribution in [0.2, 0.25) is 0 Å². The summed E-state index contributed by atoms with van der Waals surface area (Å²) in [5, 5.41) is 4.14. The van der Waals surface area contributed by atoms with Crippen molar-refractivity contribution in [2.75, 3.05) is 0 Å². The summed E-state index contributed by atoms with van der Waals surface area (Å²) in [5.74, 6) is 1.52. The predicted molar refractivity (Wildman–Crippen MR) is 84.4 cm³/mol. The van der Waals surface area contributed by atoms with E-state index in [1.54, 1.807) is 17.1 Å². The lowest BCUT2D eigenvalue weighted by Gasteiger charge is -2.13. The van der Waals surface area contributed by atoms with Crippen LogP contribution in [-0.4, -0.2) is 20.7 Å². The Morgan fingerprint density at radius 1 is 1.32 bits per heavy atom. The minimum atomic E-state index is -0.148. The molecule has 0 amide bonds. The molecule has 2 aromatic rings. The number of ether oxygens (including phenoxy) is 1. The van der Waals surface area contributed by atoms with Crippen LogP contribution in [0.4, 0.5) is 0 Å². The monoisotopic (exact) mass is 301 g/mol. The van der Waals surface area contributed by atoms with Crippen LogP contribution in [0.25, 0.3) is 5.82 Å². The highest BCUT2D eigenvalue weighted by Crippen LogP contribution is 2.16. The second-order valence-corrected chi connectivity index (χ2v) is 6.07. The van der Waals surface area contributed by atoms with Crippen molar-refractivity contribution in [3.8, 4) is 5.82 Å². The minimum absolute atomic E-state index is 0.148. The maximum atomic E-state index is 11.9. The first-order chi connectivity index (χ1) is 10.5. The van der Waals surface area contributed by atoms with Crippen LogP contribution in [0.5, 0.6) is 0 Å². The van der Waals surface area contributed by atoms with E-state index in [0.29, 0.717) is 24.1 Å². The number of hydrogen-bond donors (Lipinski definition) is 0. The van der Waals surface area contributed by atoms with Gasteiger partial charge in [-0.25, -0.2) is 9.67 Å². The molecule has 0 spiro atoms. The second-order valence-electron chi connectivity index (χ2n) is 6.07. The topological polar surface area (TPSA) is 57.0 Å². The molecule has 2 aromatic heterocycles. The van der Waals surface area contributed by atoms with E-state index in [9.17, 15) is 4.79 Å². The van der Waals surface area contributed by atoms with Crippen LogP contribution in [0.1, 0.15) is 39.2 Å². The van der Waals surface area contributed by atoms with Crippen LogP contribution in [0.15, 0.2) is 36.8 Å². The smallest absolute Gasteiger partial charge is 0.306 e. The maximum Gasteiger partial charge on any atom is 0.306 e. The van der Waals surface area contributed by atoms with Gasteiger partial charge in [0.2, 0.25) is 0 Å². The highest BCUT2D eigenvalue weighted by Gasteiger charge is 2.12. The molecule has 0 N–H and O–H groups in total. The van der Waals surface area contributed by atoms with Crippen molar-refractivity contribution in [1.82, 2.24) is 14.8 Å². The third kappa shape index (κ3) is 4.98. The van der Waals surface area contributed by atoms with Gasteiger partial charge in [0.15, 0.2) is 5.82 Å². The molecule has 0 fully saturated rings. The molecule has 2 heterocycles. The molecule has 5 heteroatoms. The van der Waals surface area contributed by atoms with Gasteiger partial charge < -0.3 is 4.74 Å². The summed E-state index contributed by atoms with van der Waals surface area (Å²) in [6.07, 6.45) is 6.72. The van der Waals surface area contributed by atoms with Gasteiger partial charge in [-0.05, 0) is 42.0 Å². The fourth-order valence-corrected chi connectivity index (χ4v) is 2.48. The van der Waals surface area contributed by atoms with Crippen molar-refractivity contribution < 1.29 is 9.53 Å². The zero-order chi connectivity index (χ0) is 15.9. The number of carbonyl (C=O) groups is 1. The number of hydrogen-bond acceptors (Lipinski definition) is 4. The molecule has 0 aromatic carbocycles. The van der Waals surface area contributed by atoms with Gasteiger partial charge in [-0.3, -0.25) is 4.79 Å². The molecular weight excluding hydrogens is 278 g/mol. The first kappa shape index (κ1) is 16.2. The van der Waals surface area contributed by atoms with Crippen LogP contribution in [0, 0.1) is 11.8 Å². The van der Waals surface area contributed by atoms with Gasteiger partial charge in [0.1, 0.15) is 6.61 Å². The van der Waals surface area contributed by atoms with Gasteiger partial charge in [-0.15, -0.1) is 0 Å². The van der Waals surface area contributed by atoms with Crippen LogP contribution < -0.4 is 0 Å². The number of nitrogens with zero attached hydrogens (tertiary/aromatic N) is 3. The van der Waals surface area contributed by atoms with Gasteiger partial charge in [0.25, 0.3) is 0 Å². The van der Waals surface area contributed by atoms with Crippen molar-refractivity contribution in [2.45, 2.75) is 40.2 Å². The lowest BCUT2D eigenvalue weighted by molar-refractivity contribution is -0.146. The first-order valence-corrected chi connectivity index (χ1v) is 7.65. The number of carbonyl (C=O) groups excluding carboxylic acids is 1. The lowest BCUT2D eigenvalue weighted by atomic mass is 9.96. The summed E-state index contributed by atoms with van der Waals surface area (Å²) in [4.78, 5) is 16.1. The van der Waals surface area contributed by atoms with E-state index in [4.69, 9.17) is 4.74 Å². The molecule has 0 saturated heterocycles. The van der Waals surface area contributed by atoms with Crippen LogP contribution in [0.3, 0.4) is 0 Å². The average molecular weight is 301 g/mol. The SMILES string of the molecule is CC(C)C[C@@H](C)CC(=O)OCc1ccnc(-n2cccn2)c1. The number of pyridine rings is 1. The molecule has 22 heavy (non-hydrogen) atoms. The number of esters is 1. The fourth-order valence-electron chi connectivity index (χ4n) is 2.48. The molecule has 118 valence electrons. The van der Waals surface area contributed by atoms with E-state index in [1.807, 2.05) is 24.4 Å². The zero-order valence-electron chi connectivity index (χ0n) is 13.4. The van der Waals surface area contributed by atoms with Gasteiger partial charge in [0.05, 0.1) is 0 Å². The number of aromatic nitrogens is 3. The van der Waals surface area contributed by atoms with E-state index in [0.717, 1.165) is 12.0 Å². The van der Waals surface area contributed by atoms with Crippen molar-refractivity contribution in [3.05, 3.63) is 42.4 Å². The summed E-state index contributed by atoms with van der Waals surface area (Å²) in [7, 11) is 0. The molecule has 0 aliphatic heterocycles. The normalized spacial score (nSPS) is 12.4. The summed E-state index contributed by atoms with van der Waals surface area (Å²) < 4.78 is 7.03. The highest BCUT2D eigenvalue weighted by atomic mass is 16.5. The van der Waals surface area contributed by atoms with Gasteiger partial charge in [-0.2, -0.15) is 5.10 Å². The van der Waals surface area contributed by atoms with E-state index < -0.39 is 0 Å². The van der Waals surface area contributed by atoms with E-state index in [1.165, 1.54) is 0 Å². The third-order valence-electron chi connectivity index (χ3n) is 3.34. The fraction of sp³-hybridized carbons (Fsp3) is 0.471. The molecule has 1 atom stereocenters.